The third-order valence-corrected chi connectivity index (χ3v) is 3.07. The molecule has 0 atom stereocenters. The van der Waals surface area contributed by atoms with Crippen LogP contribution in [0.25, 0.3) is 22.0 Å². The summed E-state index contributed by atoms with van der Waals surface area (Å²) in [5, 5.41) is 0.556. The minimum Gasteiger partial charge on any atom is -0.369 e. The molecule has 0 unspecified atom stereocenters. The highest BCUT2D eigenvalue weighted by Crippen LogP contribution is 2.28. The van der Waals surface area contributed by atoms with E-state index in [0.29, 0.717) is 10.9 Å². The normalized spacial score (nSPS) is 10.8. The van der Waals surface area contributed by atoms with E-state index in [1.54, 1.807) is 18.5 Å². The second-order valence-corrected chi connectivity index (χ2v) is 4.34. The van der Waals surface area contributed by atoms with Crippen LogP contribution in [0, 0.1) is 6.92 Å². The van der Waals surface area contributed by atoms with Gasteiger partial charge in [-0.25, -0.2) is 4.98 Å². The second-order valence-electron chi connectivity index (χ2n) is 4.34. The topological polar surface area (TPSA) is 84.7 Å². The van der Waals surface area contributed by atoms with Crippen LogP contribution in [-0.4, -0.2) is 15.0 Å². The van der Waals surface area contributed by atoms with Crippen LogP contribution in [0.3, 0.4) is 0 Å². The van der Waals surface area contributed by atoms with E-state index >= 15 is 0 Å². The average Bonchev–Trinajstić information content (AvgIpc) is 2.40. The minimum absolute atomic E-state index is 0.127. The van der Waals surface area contributed by atoms with Gasteiger partial charge >= 0.3 is 0 Å². The number of nitrogens with one attached hydrogen (secondary N) is 1. The molecule has 19 heavy (non-hydrogen) atoms. The van der Waals surface area contributed by atoms with Crippen LogP contribution >= 0.6 is 0 Å². The lowest BCUT2D eigenvalue weighted by Gasteiger charge is -2.09. The molecule has 0 aliphatic rings. The van der Waals surface area contributed by atoms with Crippen molar-refractivity contribution in [1.29, 1.82) is 0 Å². The molecule has 3 rings (SSSR count). The number of aryl methyl sites for hydroxylation is 1. The molecule has 3 N–H and O–H groups in total. The van der Waals surface area contributed by atoms with Crippen molar-refractivity contribution in [2.75, 3.05) is 5.73 Å². The first-order chi connectivity index (χ1) is 9.16. The lowest BCUT2D eigenvalue weighted by Crippen LogP contribution is -2.12. The Hall–Kier alpha value is -2.69. The van der Waals surface area contributed by atoms with Gasteiger partial charge in [-0.05, 0) is 41.8 Å². The average molecular weight is 252 g/mol. The Morgan fingerprint density at radius 1 is 1.16 bits per heavy atom. The molecule has 1 aromatic carbocycles. The molecule has 0 saturated carbocycles. The number of H-pyrrole nitrogens is 1. The number of rotatable bonds is 1. The van der Waals surface area contributed by atoms with Crippen molar-refractivity contribution in [3.05, 3.63) is 52.6 Å². The zero-order valence-electron chi connectivity index (χ0n) is 10.3. The van der Waals surface area contributed by atoms with Crippen molar-refractivity contribution in [2.45, 2.75) is 6.92 Å². The molecule has 0 saturated heterocycles. The Bertz CT molecular complexity index is 809. The van der Waals surface area contributed by atoms with Gasteiger partial charge in [-0.3, -0.25) is 14.8 Å². The number of anilines is 1. The van der Waals surface area contributed by atoms with Crippen molar-refractivity contribution in [3.8, 4) is 11.1 Å². The van der Waals surface area contributed by atoms with Gasteiger partial charge in [-0.1, -0.05) is 6.07 Å². The van der Waals surface area contributed by atoms with Crippen LogP contribution in [0.4, 0.5) is 5.95 Å². The van der Waals surface area contributed by atoms with Gasteiger partial charge in [0.1, 0.15) is 0 Å². The molecule has 0 amide bonds. The lowest BCUT2D eigenvalue weighted by molar-refractivity contribution is 1.19. The standard InChI is InChI=1S/C14H12N4O/c1-8-2-3-10-12(13(19)18-14(15)17-10)11(8)9-4-6-16-7-5-9/h2-7H,1H3,(H3,15,17,18,19). The van der Waals surface area contributed by atoms with Crippen LogP contribution in [0.15, 0.2) is 41.5 Å². The Kier molecular flexibility index (Phi) is 2.52. The smallest absolute Gasteiger partial charge is 0.260 e. The minimum atomic E-state index is -0.224. The van der Waals surface area contributed by atoms with Gasteiger partial charge < -0.3 is 5.73 Å². The molecular formula is C14H12N4O. The molecule has 0 spiro atoms. The van der Waals surface area contributed by atoms with Gasteiger partial charge in [0.2, 0.25) is 5.95 Å². The fraction of sp³-hybridized carbons (Fsp3) is 0.0714. The van der Waals surface area contributed by atoms with Gasteiger partial charge in [0, 0.05) is 12.4 Å². The second kappa shape index (κ2) is 4.20. The summed E-state index contributed by atoms with van der Waals surface area (Å²) in [4.78, 5) is 22.9. The molecule has 3 aromatic rings. The summed E-state index contributed by atoms with van der Waals surface area (Å²) in [5.41, 5.74) is 8.77. The monoisotopic (exact) mass is 252 g/mol. The molecule has 0 bridgehead atoms. The van der Waals surface area contributed by atoms with Crippen LogP contribution in [0.1, 0.15) is 5.56 Å². The number of benzene rings is 1. The zero-order valence-corrected chi connectivity index (χ0v) is 10.3. The first-order valence-corrected chi connectivity index (χ1v) is 5.86. The first-order valence-electron chi connectivity index (χ1n) is 5.86. The highest BCUT2D eigenvalue weighted by Gasteiger charge is 2.12. The van der Waals surface area contributed by atoms with E-state index in [2.05, 4.69) is 15.0 Å². The van der Waals surface area contributed by atoms with Crippen LogP contribution < -0.4 is 11.3 Å². The number of fused-ring (bicyclic) bond motifs is 1. The Morgan fingerprint density at radius 3 is 2.63 bits per heavy atom. The molecule has 0 aliphatic carbocycles. The number of nitrogens with zero attached hydrogens (tertiary/aromatic N) is 2. The van der Waals surface area contributed by atoms with E-state index in [9.17, 15) is 4.79 Å². The van der Waals surface area contributed by atoms with E-state index < -0.39 is 0 Å². The third-order valence-electron chi connectivity index (χ3n) is 3.07. The van der Waals surface area contributed by atoms with Gasteiger partial charge in [0.15, 0.2) is 0 Å². The van der Waals surface area contributed by atoms with Crippen LogP contribution in [0.2, 0.25) is 0 Å². The molecule has 5 nitrogen and oxygen atoms in total. The zero-order chi connectivity index (χ0) is 13.4. The third kappa shape index (κ3) is 1.85. The maximum Gasteiger partial charge on any atom is 0.260 e. The Labute approximate surface area is 109 Å². The summed E-state index contributed by atoms with van der Waals surface area (Å²) in [7, 11) is 0. The van der Waals surface area contributed by atoms with Crippen molar-refractivity contribution in [1.82, 2.24) is 15.0 Å². The van der Waals surface area contributed by atoms with Gasteiger partial charge in [-0.15, -0.1) is 0 Å². The molecule has 2 aromatic heterocycles. The highest BCUT2D eigenvalue weighted by atomic mass is 16.1. The fourth-order valence-electron chi connectivity index (χ4n) is 2.25. The fourth-order valence-corrected chi connectivity index (χ4v) is 2.25. The number of nitrogens with two attached hydrogens (primary N) is 1. The van der Waals surface area contributed by atoms with E-state index in [-0.39, 0.29) is 11.5 Å². The van der Waals surface area contributed by atoms with E-state index in [1.165, 1.54) is 0 Å². The number of pyridine rings is 1. The summed E-state index contributed by atoms with van der Waals surface area (Å²) in [6.07, 6.45) is 3.40. The summed E-state index contributed by atoms with van der Waals surface area (Å²) in [5.74, 6) is 0.127. The van der Waals surface area contributed by atoms with E-state index in [1.807, 2.05) is 25.1 Å². The maximum absolute atomic E-state index is 12.2. The van der Waals surface area contributed by atoms with E-state index in [0.717, 1.165) is 16.7 Å². The summed E-state index contributed by atoms with van der Waals surface area (Å²) in [6.45, 7) is 1.96. The van der Waals surface area contributed by atoms with Gasteiger partial charge in [0.05, 0.1) is 10.9 Å². The van der Waals surface area contributed by atoms with Gasteiger partial charge in [0.25, 0.3) is 5.56 Å². The molecule has 94 valence electrons. The number of hydrogen-bond acceptors (Lipinski definition) is 4. The summed E-state index contributed by atoms with van der Waals surface area (Å²) < 4.78 is 0. The molecule has 2 heterocycles. The predicted octanol–water partition coefficient (Wildman–Crippen LogP) is 1.88. The SMILES string of the molecule is Cc1ccc2nc(N)[nH]c(=O)c2c1-c1ccncc1. The van der Waals surface area contributed by atoms with E-state index in [4.69, 9.17) is 5.73 Å². The van der Waals surface area contributed by atoms with Crippen molar-refractivity contribution >= 4 is 16.9 Å². The Morgan fingerprint density at radius 2 is 1.89 bits per heavy atom. The molecule has 5 heteroatoms. The number of aromatic nitrogens is 3. The molecule has 0 radical (unpaired) electrons. The number of nitrogen functional groups attached to an aromatic ring is 1. The van der Waals surface area contributed by atoms with Gasteiger partial charge in [-0.2, -0.15) is 0 Å². The summed E-state index contributed by atoms with van der Waals surface area (Å²) in [6, 6.07) is 7.49. The maximum atomic E-state index is 12.2. The highest BCUT2D eigenvalue weighted by molar-refractivity contribution is 5.96. The first kappa shape index (κ1) is 11.4. The molecular weight excluding hydrogens is 240 g/mol. The number of aromatic amines is 1. The number of hydrogen-bond donors (Lipinski definition) is 2. The predicted molar refractivity (Wildman–Crippen MR) is 74.7 cm³/mol. The lowest BCUT2D eigenvalue weighted by atomic mass is 9.97. The quantitative estimate of drug-likeness (QED) is 0.692. The summed E-state index contributed by atoms with van der Waals surface area (Å²) >= 11 is 0. The largest absolute Gasteiger partial charge is 0.369 e. The van der Waals surface area contributed by atoms with Crippen LogP contribution in [0.5, 0.6) is 0 Å². The molecule has 0 fully saturated rings. The van der Waals surface area contributed by atoms with Crippen molar-refractivity contribution < 1.29 is 0 Å². The van der Waals surface area contributed by atoms with Crippen LogP contribution in [-0.2, 0) is 0 Å². The van der Waals surface area contributed by atoms with Crippen molar-refractivity contribution in [2.24, 2.45) is 0 Å². The molecule has 0 aliphatic heterocycles. The van der Waals surface area contributed by atoms with Crippen molar-refractivity contribution in [3.63, 3.8) is 0 Å². The Balaban J connectivity index is 2.48.